The van der Waals surface area contributed by atoms with Gasteiger partial charge < -0.3 is 15.1 Å². The molecule has 0 aliphatic carbocycles. The van der Waals surface area contributed by atoms with Gasteiger partial charge in [-0.1, -0.05) is 56.7 Å². The fourth-order valence-electron chi connectivity index (χ4n) is 4.85. The number of aromatic amines is 1. The lowest BCUT2D eigenvalue weighted by atomic mass is 9.88. The fraction of sp³-hybridized carbons (Fsp3) is 0.516. The molecule has 4 heteroatoms. The zero-order valence-corrected chi connectivity index (χ0v) is 23.1. The van der Waals surface area contributed by atoms with Crippen molar-refractivity contribution in [3.05, 3.63) is 64.9 Å². The van der Waals surface area contributed by atoms with E-state index in [1.165, 1.54) is 38.9 Å². The molecule has 1 unspecified atom stereocenters. The molecule has 0 spiro atoms. The number of rotatable bonds is 9. The van der Waals surface area contributed by atoms with E-state index < -0.39 is 0 Å². The molecule has 3 rings (SSSR count). The van der Waals surface area contributed by atoms with Gasteiger partial charge >= 0.3 is 0 Å². The highest BCUT2D eigenvalue weighted by atomic mass is 16.1. The van der Waals surface area contributed by atoms with E-state index in [0.29, 0.717) is 18.4 Å². The van der Waals surface area contributed by atoms with Crippen molar-refractivity contribution >= 4 is 22.8 Å². The second kappa shape index (κ2) is 14.2. The maximum atomic E-state index is 10.8. The molecule has 1 aromatic heterocycles. The Morgan fingerprint density at radius 3 is 2.40 bits per heavy atom. The first-order valence-electron chi connectivity index (χ1n) is 13.2. The van der Waals surface area contributed by atoms with E-state index in [1.54, 1.807) is 0 Å². The Kier molecular flexibility index (Phi) is 11.7. The van der Waals surface area contributed by atoms with Crippen molar-refractivity contribution in [3.8, 4) is 0 Å². The van der Waals surface area contributed by atoms with Gasteiger partial charge in [0.2, 0.25) is 0 Å². The minimum absolute atomic E-state index is 0.564. The molecule has 0 radical (unpaired) electrons. The van der Waals surface area contributed by atoms with Crippen molar-refractivity contribution in [2.45, 2.75) is 66.2 Å². The summed E-state index contributed by atoms with van der Waals surface area (Å²) in [6.45, 7) is 17.8. The molecule has 1 aliphatic rings. The third-order valence-corrected chi connectivity index (χ3v) is 7.14. The monoisotopic (exact) mass is 477 g/mol. The Hall–Kier alpha value is -2.43. The van der Waals surface area contributed by atoms with E-state index in [2.05, 4.69) is 86.7 Å². The highest BCUT2D eigenvalue weighted by Crippen LogP contribution is 2.35. The second-order valence-electron chi connectivity index (χ2n) is 10.0. The fourth-order valence-corrected chi connectivity index (χ4v) is 4.85. The number of likely N-dealkylation sites (tertiary alicyclic amines) is 1. The van der Waals surface area contributed by atoms with Gasteiger partial charge in [-0.3, -0.25) is 4.90 Å². The summed E-state index contributed by atoms with van der Waals surface area (Å²) in [6, 6.07) is 6.97. The molecule has 0 bridgehead atoms. The van der Waals surface area contributed by atoms with Gasteiger partial charge in [-0.2, -0.15) is 0 Å². The molecule has 0 saturated carbocycles. The van der Waals surface area contributed by atoms with Gasteiger partial charge in [0.25, 0.3) is 0 Å². The molecule has 1 fully saturated rings. The Morgan fingerprint density at radius 2 is 1.86 bits per heavy atom. The molecule has 2 heterocycles. The van der Waals surface area contributed by atoms with E-state index in [9.17, 15) is 4.79 Å². The van der Waals surface area contributed by atoms with Crippen LogP contribution >= 0.6 is 0 Å². The zero-order valence-electron chi connectivity index (χ0n) is 23.1. The summed E-state index contributed by atoms with van der Waals surface area (Å²) in [6.07, 6.45) is 9.95. The topological polar surface area (TPSA) is 48.1 Å². The number of fused-ring (bicyclic) bond motifs is 1. The molecule has 1 aromatic carbocycles. The number of nitrogens with zero attached hydrogens (tertiary/aromatic N) is 1. The van der Waals surface area contributed by atoms with Crippen LogP contribution in [0.15, 0.2) is 48.1 Å². The molecule has 1 atom stereocenters. The van der Waals surface area contributed by atoms with Crippen LogP contribution in [0.4, 0.5) is 0 Å². The molecule has 35 heavy (non-hydrogen) atoms. The van der Waals surface area contributed by atoms with Crippen molar-refractivity contribution in [3.63, 3.8) is 0 Å². The highest BCUT2D eigenvalue weighted by molar-refractivity contribution is 5.92. The number of carbonyl (C=O) groups excluding carboxylic acids is 1. The molecule has 2 N–H and O–H groups in total. The summed E-state index contributed by atoms with van der Waals surface area (Å²) in [5.41, 5.74) is 8.96. The molecular formula is C31H47N3O. The summed E-state index contributed by atoms with van der Waals surface area (Å²) < 4.78 is 0. The van der Waals surface area contributed by atoms with E-state index in [4.69, 9.17) is 0 Å². The van der Waals surface area contributed by atoms with Crippen LogP contribution < -0.4 is 5.32 Å². The van der Waals surface area contributed by atoms with Gasteiger partial charge in [-0.25, -0.2) is 0 Å². The Morgan fingerprint density at radius 1 is 1.20 bits per heavy atom. The van der Waals surface area contributed by atoms with Crippen molar-refractivity contribution < 1.29 is 4.79 Å². The van der Waals surface area contributed by atoms with Crippen molar-refractivity contribution in [1.29, 1.82) is 0 Å². The molecule has 4 nitrogen and oxygen atoms in total. The van der Waals surface area contributed by atoms with Crippen molar-refractivity contribution in [2.24, 2.45) is 5.92 Å². The standard InChI is InChI=1S/C29H40N2O.C2H7N/c1-7-21(5)22(6)18-25(17-20(3)4)29-26(8-2)27-19-24(9-10-28(27)30-29)23-11-13-31(14-12-23)15-16-32;1-3-2/h9-10,16-19,21,23,30H,3,7-8,11-15H2,1-2,4-6H3;3H,1-2H3/b22-18-,25-17+;. The summed E-state index contributed by atoms with van der Waals surface area (Å²) in [4.78, 5) is 16.8. The minimum Gasteiger partial charge on any atom is -0.354 e. The number of benzene rings is 1. The number of H-pyrrole nitrogens is 1. The minimum atomic E-state index is 0.564. The van der Waals surface area contributed by atoms with E-state index in [-0.39, 0.29) is 0 Å². The quantitative estimate of drug-likeness (QED) is 0.305. The number of nitrogens with one attached hydrogen (secondary N) is 2. The summed E-state index contributed by atoms with van der Waals surface area (Å²) >= 11 is 0. The Balaban J connectivity index is 0.00000137. The first kappa shape index (κ1) is 28.8. The summed E-state index contributed by atoms with van der Waals surface area (Å²) in [5.74, 6) is 1.14. The Bertz CT molecular complexity index is 1030. The molecule has 0 amide bonds. The lowest BCUT2D eigenvalue weighted by Crippen LogP contribution is -2.34. The van der Waals surface area contributed by atoms with Gasteiger partial charge in [0.05, 0.1) is 6.54 Å². The average molecular weight is 478 g/mol. The van der Waals surface area contributed by atoms with Crippen molar-refractivity contribution in [1.82, 2.24) is 15.2 Å². The first-order chi connectivity index (χ1) is 16.8. The molecule has 1 saturated heterocycles. The van der Waals surface area contributed by atoms with Gasteiger partial charge in [0.15, 0.2) is 0 Å². The van der Waals surface area contributed by atoms with Crippen LogP contribution in [0.25, 0.3) is 16.5 Å². The summed E-state index contributed by atoms with van der Waals surface area (Å²) in [7, 11) is 3.75. The third-order valence-electron chi connectivity index (χ3n) is 7.14. The van der Waals surface area contributed by atoms with Crippen LogP contribution in [0.1, 0.15) is 76.6 Å². The average Bonchev–Trinajstić information content (AvgIpc) is 3.21. The Labute approximate surface area is 213 Å². The van der Waals surface area contributed by atoms with Gasteiger partial charge in [-0.15, -0.1) is 0 Å². The summed E-state index contributed by atoms with van der Waals surface area (Å²) in [5, 5.41) is 4.09. The molecule has 2 aromatic rings. The number of aldehydes is 1. The van der Waals surface area contributed by atoms with E-state index >= 15 is 0 Å². The number of piperidine rings is 1. The van der Waals surface area contributed by atoms with Crippen molar-refractivity contribution in [2.75, 3.05) is 33.7 Å². The number of allylic oxidation sites excluding steroid dienone is 5. The lowest BCUT2D eigenvalue weighted by Gasteiger charge is -2.30. The number of aromatic nitrogens is 1. The van der Waals surface area contributed by atoms with E-state index in [0.717, 1.165) is 50.6 Å². The van der Waals surface area contributed by atoms with Gasteiger partial charge in [0, 0.05) is 16.6 Å². The highest BCUT2D eigenvalue weighted by Gasteiger charge is 2.22. The number of hydrogen-bond donors (Lipinski definition) is 2. The first-order valence-corrected chi connectivity index (χ1v) is 13.2. The maximum absolute atomic E-state index is 10.8. The maximum Gasteiger partial charge on any atom is 0.133 e. The van der Waals surface area contributed by atoms with Crippen LogP contribution in [-0.4, -0.2) is 49.9 Å². The largest absolute Gasteiger partial charge is 0.354 e. The molecule has 192 valence electrons. The number of hydrogen-bond acceptors (Lipinski definition) is 3. The van der Waals surface area contributed by atoms with Gasteiger partial charge in [0.1, 0.15) is 6.29 Å². The van der Waals surface area contributed by atoms with Crippen LogP contribution in [0.2, 0.25) is 0 Å². The van der Waals surface area contributed by atoms with Gasteiger partial charge in [-0.05, 0) is 107 Å². The predicted octanol–water partition coefficient (Wildman–Crippen LogP) is 6.90. The van der Waals surface area contributed by atoms with Crippen LogP contribution in [-0.2, 0) is 11.2 Å². The smallest absolute Gasteiger partial charge is 0.133 e. The molecule has 1 aliphatic heterocycles. The number of aryl methyl sites for hydroxylation is 1. The normalized spacial score (nSPS) is 16.7. The number of carbonyl (C=O) groups is 1. The van der Waals surface area contributed by atoms with Crippen LogP contribution in [0, 0.1) is 5.92 Å². The SMILES string of the molecule is C=C(C)/C=C(\C=C(\C)C(C)CC)c1[nH]c2ccc(C3CCN(CC=O)CC3)cc2c1CC.CNC. The predicted molar refractivity (Wildman–Crippen MR) is 153 cm³/mol. The lowest BCUT2D eigenvalue weighted by molar-refractivity contribution is -0.109. The third kappa shape index (κ3) is 7.78. The second-order valence-corrected chi connectivity index (χ2v) is 10.0. The van der Waals surface area contributed by atoms with E-state index in [1.807, 2.05) is 14.1 Å². The van der Waals surface area contributed by atoms with Crippen LogP contribution in [0.5, 0.6) is 0 Å². The zero-order chi connectivity index (χ0) is 26.0. The molecular weight excluding hydrogens is 430 g/mol. The van der Waals surface area contributed by atoms with Crippen LogP contribution in [0.3, 0.4) is 0 Å².